The lowest BCUT2D eigenvalue weighted by molar-refractivity contribution is -0.140. The molecular weight excluding hydrogens is 459 g/mol. The van der Waals surface area contributed by atoms with Crippen molar-refractivity contribution in [3.8, 4) is 5.75 Å². The van der Waals surface area contributed by atoms with Crippen LogP contribution in [0.2, 0.25) is 10.0 Å². The van der Waals surface area contributed by atoms with Crippen molar-refractivity contribution in [2.75, 3.05) is 30.5 Å². The third-order valence-electron chi connectivity index (χ3n) is 5.28. The van der Waals surface area contributed by atoms with Gasteiger partial charge in [0.25, 0.3) is 5.91 Å². The minimum absolute atomic E-state index is 0.0387. The first-order valence-corrected chi connectivity index (χ1v) is 12.5. The molecule has 2 unspecified atom stereocenters. The van der Waals surface area contributed by atoms with Crippen molar-refractivity contribution in [2.45, 2.75) is 32.0 Å². The zero-order valence-corrected chi connectivity index (χ0v) is 20.0. The number of ether oxygens (including phenoxy) is 1. The Morgan fingerprint density at radius 3 is 2.39 bits per heavy atom. The van der Waals surface area contributed by atoms with Crippen molar-refractivity contribution < 1.29 is 17.9 Å². The Balaban J connectivity index is 1.81. The van der Waals surface area contributed by atoms with Gasteiger partial charge < -0.3 is 14.5 Å². The minimum atomic E-state index is -3.16. The molecule has 1 amide bonds. The summed E-state index contributed by atoms with van der Waals surface area (Å²) in [6.07, 6.45) is -0.429. The van der Waals surface area contributed by atoms with Crippen molar-refractivity contribution in [1.82, 2.24) is 4.90 Å². The van der Waals surface area contributed by atoms with E-state index in [2.05, 4.69) is 0 Å². The zero-order chi connectivity index (χ0) is 22.8. The van der Waals surface area contributed by atoms with Crippen molar-refractivity contribution in [1.29, 1.82) is 0 Å². The van der Waals surface area contributed by atoms with Gasteiger partial charge in [0, 0.05) is 37.4 Å². The number of halogens is 2. The van der Waals surface area contributed by atoms with E-state index < -0.39 is 22.0 Å². The van der Waals surface area contributed by atoms with Crippen LogP contribution in [0.5, 0.6) is 5.75 Å². The van der Waals surface area contributed by atoms with E-state index in [4.69, 9.17) is 27.9 Å². The molecule has 1 aliphatic heterocycles. The van der Waals surface area contributed by atoms with Crippen LogP contribution >= 0.6 is 23.2 Å². The van der Waals surface area contributed by atoms with Crippen LogP contribution in [0.25, 0.3) is 0 Å². The van der Waals surface area contributed by atoms with Gasteiger partial charge >= 0.3 is 0 Å². The Morgan fingerprint density at radius 2 is 1.84 bits per heavy atom. The van der Waals surface area contributed by atoms with Crippen molar-refractivity contribution in [2.24, 2.45) is 0 Å². The molecule has 0 aromatic heterocycles. The number of rotatable bonds is 7. The minimum Gasteiger partial charge on any atom is -0.479 e. The van der Waals surface area contributed by atoms with Crippen molar-refractivity contribution in [3.63, 3.8) is 0 Å². The van der Waals surface area contributed by atoms with Gasteiger partial charge in [-0.15, -0.1) is 0 Å². The zero-order valence-electron chi connectivity index (χ0n) is 17.7. The molecule has 0 N–H and O–H groups in total. The number of benzene rings is 2. The largest absolute Gasteiger partial charge is 0.479 e. The number of nitrogens with zero attached hydrogens (tertiary/aromatic N) is 2. The molecule has 9 heteroatoms. The lowest BCUT2D eigenvalue weighted by atomic mass is 10.1. The Kier molecular flexibility index (Phi) is 7.39. The standard InChI is InChI=1S/C22H26Cl2N2O4S/c1-15(30-21-9-6-17(23)12-20(21)24)22(27)26(19-10-11-31(28,29)14-19)13-16-4-7-18(8-5-16)25(2)3/h4-9,12,15,19H,10-11,13-14H2,1-3H3. The molecule has 2 aromatic carbocycles. The number of hydrogen-bond acceptors (Lipinski definition) is 5. The maximum atomic E-state index is 13.3. The predicted octanol–water partition coefficient (Wildman–Crippen LogP) is 4.04. The van der Waals surface area contributed by atoms with Crippen LogP contribution in [0.1, 0.15) is 18.9 Å². The molecule has 0 bridgehead atoms. The first kappa shape index (κ1) is 23.7. The van der Waals surface area contributed by atoms with Gasteiger partial charge in [0.1, 0.15) is 5.75 Å². The number of sulfone groups is 1. The lowest BCUT2D eigenvalue weighted by Gasteiger charge is -2.31. The van der Waals surface area contributed by atoms with Gasteiger partial charge in [-0.1, -0.05) is 35.3 Å². The van der Waals surface area contributed by atoms with E-state index in [1.165, 1.54) is 0 Å². The average molecular weight is 485 g/mol. The summed E-state index contributed by atoms with van der Waals surface area (Å²) in [6.45, 7) is 1.94. The van der Waals surface area contributed by atoms with Crippen molar-refractivity contribution >= 4 is 44.6 Å². The molecule has 0 saturated carbocycles. The highest BCUT2D eigenvalue weighted by Gasteiger charge is 2.36. The highest BCUT2D eigenvalue weighted by molar-refractivity contribution is 7.91. The van der Waals surface area contributed by atoms with E-state index in [-0.39, 0.29) is 17.4 Å². The number of carbonyl (C=O) groups excluding carboxylic acids is 1. The molecule has 3 rings (SSSR count). The second-order valence-corrected chi connectivity index (χ2v) is 11.0. The van der Waals surface area contributed by atoms with Gasteiger partial charge in [0.05, 0.1) is 16.5 Å². The van der Waals surface area contributed by atoms with E-state index >= 15 is 0 Å². The van der Waals surface area contributed by atoms with Gasteiger partial charge in [-0.05, 0) is 49.2 Å². The Labute approximate surface area is 193 Å². The van der Waals surface area contributed by atoms with Gasteiger partial charge in [-0.3, -0.25) is 4.79 Å². The maximum Gasteiger partial charge on any atom is 0.263 e. The molecule has 0 aliphatic carbocycles. The summed E-state index contributed by atoms with van der Waals surface area (Å²) in [4.78, 5) is 16.9. The quantitative estimate of drug-likeness (QED) is 0.592. The SMILES string of the molecule is CC(Oc1ccc(Cl)cc1Cl)C(=O)N(Cc1ccc(N(C)C)cc1)C1CCS(=O)(=O)C1. The lowest BCUT2D eigenvalue weighted by Crippen LogP contribution is -2.46. The van der Waals surface area contributed by atoms with Gasteiger partial charge in [0.2, 0.25) is 0 Å². The maximum absolute atomic E-state index is 13.3. The summed E-state index contributed by atoms with van der Waals surface area (Å²) >= 11 is 12.1. The van der Waals surface area contributed by atoms with E-state index in [9.17, 15) is 13.2 Å². The summed E-state index contributed by atoms with van der Waals surface area (Å²) in [5.41, 5.74) is 1.96. The highest BCUT2D eigenvalue weighted by Crippen LogP contribution is 2.29. The van der Waals surface area contributed by atoms with Crippen LogP contribution in [-0.4, -0.2) is 57.0 Å². The molecule has 6 nitrogen and oxygen atoms in total. The molecule has 2 aromatic rings. The van der Waals surface area contributed by atoms with E-state index in [0.29, 0.717) is 28.8 Å². The molecule has 1 heterocycles. The summed E-state index contributed by atoms with van der Waals surface area (Å²) in [5.74, 6) is 0.105. The third kappa shape index (κ3) is 6.05. The molecule has 168 valence electrons. The summed E-state index contributed by atoms with van der Waals surface area (Å²) in [6, 6.07) is 12.2. The first-order valence-electron chi connectivity index (χ1n) is 9.94. The van der Waals surface area contributed by atoms with Crippen LogP contribution in [0.3, 0.4) is 0 Å². The smallest absolute Gasteiger partial charge is 0.263 e. The Morgan fingerprint density at radius 1 is 1.16 bits per heavy atom. The first-order chi connectivity index (χ1) is 14.6. The molecule has 1 fully saturated rings. The van der Waals surface area contributed by atoms with Gasteiger partial charge in [-0.25, -0.2) is 8.42 Å². The van der Waals surface area contributed by atoms with Crippen molar-refractivity contribution in [3.05, 3.63) is 58.1 Å². The fourth-order valence-corrected chi connectivity index (χ4v) is 5.73. The molecule has 31 heavy (non-hydrogen) atoms. The van der Waals surface area contributed by atoms with E-state index in [1.54, 1.807) is 30.0 Å². The van der Waals surface area contributed by atoms with Crippen LogP contribution in [0.15, 0.2) is 42.5 Å². The second kappa shape index (κ2) is 9.67. The second-order valence-electron chi connectivity index (χ2n) is 7.92. The van der Waals surface area contributed by atoms with Gasteiger partial charge in [-0.2, -0.15) is 0 Å². The molecule has 2 atom stereocenters. The fraction of sp³-hybridized carbons (Fsp3) is 0.409. The topological polar surface area (TPSA) is 66.9 Å². The van der Waals surface area contributed by atoms with E-state index in [0.717, 1.165) is 11.3 Å². The molecule has 1 aliphatic rings. The van der Waals surface area contributed by atoms with Crippen LogP contribution in [-0.2, 0) is 21.2 Å². The Hall–Kier alpha value is -1.96. The fourth-order valence-electron chi connectivity index (χ4n) is 3.55. The monoisotopic (exact) mass is 484 g/mol. The average Bonchev–Trinajstić information content (AvgIpc) is 3.07. The number of anilines is 1. The molecular formula is C22H26Cl2N2O4S. The van der Waals surface area contributed by atoms with Crippen LogP contribution in [0, 0.1) is 0 Å². The molecule has 0 spiro atoms. The summed E-state index contributed by atoms with van der Waals surface area (Å²) < 4.78 is 30.0. The number of hydrogen-bond donors (Lipinski definition) is 0. The molecule has 0 radical (unpaired) electrons. The van der Waals surface area contributed by atoms with Crippen LogP contribution < -0.4 is 9.64 Å². The highest BCUT2D eigenvalue weighted by atomic mass is 35.5. The van der Waals surface area contributed by atoms with E-state index in [1.807, 2.05) is 43.3 Å². The summed E-state index contributed by atoms with van der Waals surface area (Å²) in [5, 5.41) is 0.775. The Bertz CT molecular complexity index is 1040. The van der Waals surface area contributed by atoms with Crippen LogP contribution in [0.4, 0.5) is 5.69 Å². The molecule has 1 saturated heterocycles. The summed E-state index contributed by atoms with van der Waals surface area (Å²) in [7, 11) is 0.750. The predicted molar refractivity (Wildman–Crippen MR) is 125 cm³/mol. The number of carbonyl (C=O) groups is 1. The third-order valence-corrected chi connectivity index (χ3v) is 7.56. The normalized spacial score (nSPS) is 18.4. The van der Waals surface area contributed by atoms with Gasteiger partial charge in [0.15, 0.2) is 15.9 Å². The number of amides is 1.